The van der Waals surface area contributed by atoms with Gasteiger partial charge in [-0.2, -0.15) is 0 Å². The molecule has 2 aromatic rings. The van der Waals surface area contributed by atoms with E-state index in [9.17, 15) is 0 Å². The Morgan fingerprint density at radius 1 is 1.18 bits per heavy atom. The van der Waals surface area contributed by atoms with E-state index in [1.165, 1.54) is 0 Å². The van der Waals surface area contributed by atoms with Crippen LogP contribution in [0.4, 0.5) is 0 Å². The Morgan fingerprint density at radius 2 is 1.94 bits per heavy atom. The molecule has 3 nitrogen and oxygen atoms in total. The van der Waals surface area contributed by atoms with Crippen LogP contribution in [0.5, 0.6) is 0 Å². The standard InChI is InChI=1S/C13H15N3S/c1-10(17-12-9-15-7-8-16-12)13(14)11-5-3-2-4-6-11/h2-10,13H,14H2,1H3. The lowest BCUT2D eigenvalue weighted by Gasteiger charge is -2.19. The number of rotatable bonds is 4. The van der Waals surface area contributed by atoms with Crippen molar-refractivity contribution in [2.75, 3.05) is 0 Å². The highest BCUT2D eigenvalue weighted by Gasteiger charge is 2.16. The molecule has 4 heteroatoms. The maximum Gasteiger partial charge on any atom is 0.115 e. The highest BCUT2D eigenvalue weighted by atomic mass is 32.2. The molecular formula is C13H15N3S. The molecule has 0 aliphatic heterocycles. The largest absolute Gasteiger partial charge is 0.323 e. The van der Waals surface area contributed by atoms with Crippen molar-refractivity contribution in [1.82, 2.24) is 9.97 Å². The van der Waals surface area contributed by atoms with E-state index >= 15 is 0 Å². The Bertz CT molecular complexity index is 447. The van der Waals surface area contributed by atoms with Gasteiger partial charge in [0.05, 0.1) is 6.20 Å². The summed E-state index contributed by atoms with van der Waals surface area (Å²) < 4.78 is 0. The molecule has 0 amide bonds. The highest BCUT2D eigenvalue weighted by Crippen LogP contribution is 2.28. The van der Waals surface area contributed by atoms with Crippen molar-refractivity contribution in [2.45, 2.75) is 23.2 Å². The molecule has 0 spiro atoms. The van der Waals surface area contributed by atoms with Crippen LogP contribution in [-0.4, -0.2) is 15.2 Å². The molecule has 0 aliphatic carbocycles. The predicted molar refractivity (Wildman–Crippen MR) is 70.7 cm³/mol. The summed E-state index contributed by atoms with van der Waals surface area (Å²) in [7, 11) is 0. The molecular weight excluding hydrogens is 230 g/mol. The molecule has 88 valence electrons. The minimum Gasteiger partial charge on any atom is -0.323 e. The van der Waals surface area contributed by atoms with E-state index < -0.39 is 0 Å². The fourth-order valence-corrected chi connectivity index (χ4v) is 2.48. The molecule has 0 saturated heterocycles. The van der Waals surface area contributed by atoms with Gasteiger partial charge in [-0.15, -0.1) is 0 Å². The normalized spacial score (nSPS) is 14.2. The lowest BCUT2D eigenvalue weighted by atomic mass is 10.1. The second kappa shape index (κ2) is 5.80. The third kappa shape index (κ3) is 3.28. The summed E-state index contributed by atoms with van der Waals surface area (Å²) in [5, 5.41) is 1.17. The van der Waals surface area contributed by atoms with Gasteiger partial charge in [-0.05, 0) is 5.56 Å². The molecule has 0 bridgehead atoms. The van der Waals surface area contributed by atoms with Crippen LogP contribution in [0.15, 0.2) is 53.9 Å². The molecule has 2 rings (SSSR count). The Labute approximate surface area is 105 Å². The van der Waals surface area contributed by atoms with Crippen molar-refractivity contribution in [2.24, 2.45) is 5.73 Å². The van der Waals surface area contributed by atoms with Crippen molar-refractivity contribution in [3.05, 3.63) is 54.5 Å². The van der Waals surface area contributed by atoms with Crippen LogP contribution in [0.2, 0.25) is 0 Å². The Morgan fingerprint density at radius 3 is 2.59 bits per heavy atom. The first kappa shape index (κ1) is 12.1. The van der Waals surface area contributed by atoms with Crippen LogP contribution in [0.3, 0.4) is 0 Å². The summed E-state index contributed by atoms with van der Waals surface area (Å²) in [5.74, 6) is 0. The number of thioether (sulfide) groups is 1. The number of benzene rings is 1. The molecule has 0 saturated carbocycles. The predicted octanol–water partition coefficient (Wildman–Crippen LogP) is 2.66. The maximum atomic E-state index is 6.22. The minimum atomic E-state index is 0.00297. The molecule has 2 unspecified atom stereocenters. The number of nitrogens with two attached hydrogens (primary N) is 1. The molecule has 2 atom stereocenters. The zero-order valence-electron chi connectivity index (χ0n) is 9.65. The average Bonchev–Trinajstić information content (AvgIpc) is 2.40. The Balaban J connectivity index is 2.03. The second-order valence-corrected chi connectivity index (χ2v) is 5.20. The zero-order valence-corrected chi connectivity index (χ0v) is 10.5. The average molecular weight is 245 g/mol. The quantitative estimate of drug-likeness (QED) is 0.841. The zero-order chi connectivity index (χ0) is 12.1. The van der Waals surface area contributed by atoms with Gasteiger partial charge in [-0.25, -0.2) is 4.98 Å². The van der Waals surface area contributed by atoms with Gasteiger partial charge in [0.15, 0.2) is 0 Å². The summed E-state index contributed by atoms with van der Waals surface area (Å²) in [6.45, 7) is 2.11. The first-order chi connectivity index (χ1) is 8.27. The van der Waals surface area contributed by atoms with E-state index in [2.05, 4.69) is 29.0 Å². The molecule has 2 N–H and O–H groups in total. The van der Waals surface area contributed by atoms with E-state index in [-0.39, 0.29) is 11.3 Å². The van der Waals surface area contributed by atoms with Crippen molar-refractivity contribution >= 4 is 11.8 Å². The first-order valence-corrected chi connectivity index (χ1v) is 6.38. The van der Waals surface area contributed by atoms with Crippen LogP contribution in [-0.2, 0) is 0 Å². The Kier molecular flexibility index (Phi) is 4.12. The van der Waals surface area contributed by atoms with E-state index in [1.54, 1.807) is 30.4 Å². The lowest BCUT2D eigenvalue weighted by Crippen LogP contribution is -2.21. The van der Waals surface area contributed by atoms with Crippen molar-refractivity contribution < 1.29 is 0 Å². The molecule has 0 aliphatic rings. The number of nitrogens with zero attached hydrogens (tertiary/aromatic N) is 2. The highest BCUT2D eigenvalue weighted by molar-refractivity contribution is 7.99. The van der Waals surface area contributed by atoms with Gasteiger partial charge >= 0.3 is 0 Å². The number of aromatic nitrogens is 2. The van der Waals surface area contributed by atoms with Gasteiger partial charge in [0, 0.05) is 23.7 Å². The summed E-state index contributed by atoms with van der Waals surface area (Å²) in [6, 6.07) is 10.1. The second-order valence-electron chi connectivity index (χ2n) is 3.80. The van der Waals surface area contributed by atoms with Gasteiger partial charge < -0.3 is 5.73 Å². The van der Waals surface area contributed by atoms with E-state index in [0.29, 0.717) is 0 Å². The monoisotopic (exact) mass is 245 g/mol. The molecule has 1 aromatic carbocycles. The fraction of sp³-hybridized carbons (Fsp3) is 0.231. The fourth-order valence-electron chi connectivity index (χ4n) is 1.56. The van der Waals surface area contributed by atoms with Crippen LogP contribution in [0.1, 0.15) is 18.5 Å². The Hall–Kier alpha value is -1.39. The molecule has 1 heterocycles. The summed E-state index contributed by atoms with van der Waals surface area (Å²) >= 11 is 1.65. The third-order valence-electron chi connectivity index (χ3n) is 2.54. The number of hydrogen-bond acceptors (Lipinski definition) is 4. The third-order valence-corrected chi connectivity index (χ3v) is 3.65. The van der Waals surface area contributed by atoms with Gasteiger partial charge in [-0.3, -0.25) is 4.98 Å². The molecule has 0 fully saturated rings. The van der Waals surface area contributed by atoms with E-state index in [4.69, 9.17) is 5.73 Å². The SMILES string of the molecule is CC(Sc1cnccn1)C(N)c1ccccc1. The molecule has 0 radical (unpaired) electrons. The number of hydrogen-bond donors (Lipinski definition) is 1. The first-order valence-electron chi connectivity index (χ1n) is 5.50. The van der Waals surface area contributed by atoms with Crippen LogP contribution < -0.4 is 5.73 Å². The smallest absolute Gasteiger partial charge is 0.115 e. The van der Waals surface area contributed by atoms with Crippen LogP contribution in [0.25, 0.3) is 0 Å². The van der Waals surface area contributed by atoms with Crippen LogP contribution in [0, 0.1) is 0 Å². The van der Waals surface area contributed by atoms with E-state index in [1.807, 2.05) is 18.2 Å². The van der Waals surface area contributed by atoms with Gasteiger partial charge in [-0.1, -0.05) is 49.0 Å². The summed E-state index contributed by atoms with van der Waals surface area (Å²) in [4.78, 5) is 8.29. The van der Waals surface area contributed by atoms with Gasteiger partial charge in [0.1, 0.15) is 5.03 Å². The van der Waals surface area contributed by atoms with Gasteiger partial charge in [0.25, 0.3) is 0 Å². The summed E-state index contributed by atoms with van der Waals surface area (Å²) in [6.07, 6.45) is 5.13. The van der Waals surface area contributed by atoms with Crippen molar-refractivity contribution in [3.63, 3.8) is 0 Å². The van der Waals surface area contributed by atoms with Gasteiger partial charge in [0.2, 0.25) is 0 Å². The topological polar surface area (TPSA) is 51.8 Å². The minimum absolute atomic E-state index is 0.00297. The van der Waals surface area contributed by atoms with Crippen LogP contribution >= 0.6 is 11.8 Å². The maximum absolute atomic E-state index is 6.22. The van der Waals surface area contributed by atoms with Crippen molar-refractivity contribution in [1.29, 1.82) is 0 Å². The lowest BCUT2D eigenvalue weighted by molar-refractivity contribution is 0.713. The molecule has 17 heavy (non-hydrogen) atoms. The van der Waals surface area contributed by atoms with Crippen molar-refractivity contribution in [3.8, 4) is 0 Å². The summed E-state index contributed by atoms with van der Waals surface area (Å²) in [5.41, 5.74) is 7.37. The molecule has 1 aromatic heterocycles. The van der Waals surface area contributed by atoms with E-state index in [0.717, 1.165) is 10.6 Å².